The van der Waals surface area contributed by atoms with Gasteiger partial charge in [-0.1, -0.05) is 18.2 Å². The first-order valence-electron chi connectivity index (χ1n) is 8.62. The lowest BCUT2D eigenvalue weighted by molar-refractivity contribution is -0.146. The summed E-state index contributed by atoms with van der Waals surface area (Å²) >= 11 is 0. The second-order valence-corrected chi connectivity index (χ2v) is 6.47. The number of fused-ring (bicyclic) bond motifs is 1. The molecule has 4 rings (SSSR count). The van der Waals surface area contributed by atoms with Gasteiger partial charge in [0, 0.05) is 12.6 Å². The number of methoxy groups -OCH3 is 1. The first-order chi connectivity index (χ1) is 13.4. The van der Waals surface area contributed by atoms with Gasteiger partial charge in [-0.3, -0.25) is 5.01 Å². The lowest BCUT2D eigenvalue weighted by Gasteiger charge is -2.31. The summed E-state index contributed by atoms with van der Waals surface area (Å²) < 4.78 is 46.5. The average Bonchev–Trinajstić information content (AvgIpc) is 3.22. The van der Waals surface area contributed by atoms with E-state index in [1.54, 1.807) is 41.1 Å². The molecule has 0 atom stereocenters. The summed E-state index contributed by atoms with van der Waals surface area (Å²) in [5.74, 6) is 1.09. The Labute approximate surface area is 159 Å². The highest BCUT2D eigenvalue weighted by atomic mass is 19.4. The van der Waals surface area contributed by atoms with Crippen molar-refractivity contribution in [3.63, 3.8) is 0 Å². The number of anilines is 2. The fourth-order valence-electron chi connectivity index (χ4n) is 3.36. The second-order valence-electron chi connectivity index (χ2n) is 6.47. The standard InChI is InChI=1S/C19H18F3N5O/c1-13-23-12-26(24-13)17-8-7-15(9-18(17)28-2)27-16-6-4-3-5-14(16)10-25(27)11-19(20,21)22/h3-9,12H,10-11H2,1-2H3. The molecule has 0 spiro atoms. The van der Waals surface area contributed by atoms with Crippen LogP contribution in [0.5, 0.6) is 5.75 Å². The van der Waals surface area contributed by atoms with Crippen LogP contribution < -0.4 is 9.75 Å². The molecule has 0 bridgehead atoms. The average molecular weight is 389 g/mol. The number of para-hydroxylation sites is 1. The number of halogens is 3. The Balaban J connectivity index is 1.77. The van der Waals surface area contributed by atoms with Crippen molar-refractivity contribution in [2.45, 2.75) is 19.6 Å². The summed E-state index contributed by atoms with van der Waals surface area (Å²) in [6.07, 6.45) is -2.75. The molecule has 1 aliphatic rings. The van der Waals surface area contributed by atoms with Crippen molar-refractivity contribution in [2.75, 3.05) is 18.7 Å². The maximum absolute atomic E-state index is 13.1. The largest absolute Gasteiger partial charge is 0.494 e. The van der Waals surface area contributed by atoms with Gasteiger partial charge in [0.25, 0.3) is 0 Å². The van der Waals surface area contributed by atoms with Crippen LogP contribution in [0.4, 0.5) is 24.5 Å². The van der Waals surface area contributed by atoms with Crippen LogP contribution in [0.3, 0.4) is 0 Å². The van der Waals surface area contributed by atoms with E-state index in [-0.39, 0.29) is 6.54 Å². The summed E-state index contributed by atoms with van der Waals surface area (Å²) in [6.45, 7) is 0.906. The Kier molecular flexibility index (Phi) is 4.46. The fourth-order valence-corrected chi connectivity index (χ4v) is 3.36. The summed E-state index contributed by atoms with van der Waals surface area (Å²) in [6, 6.07) is 12.5. The van der Waals surface area contributed by atoms with Crippen LogP contribution in [-0.4, -0.2) is 39.6 Å². The smallest absolute Gasteiger partial charge is 0.403 e. The maximum Gasteiger partial charge on any atom is 0.403 e. The SMILES string of the molecule is COc1cc(N2c3ccccc3CN2CC(F)(F)F)ccc1-n1cnc(C)n1. The highest BCUT2D eigenvalue weighted by Gasteiger charge is 2.38. The lowest BCUT2D eigenvalue weighted by atomic mass is 10.2. The fraction of sp³-hybridized carbons (Fsp3) is 0.263. The van der Waals surface area contributed by atoms with Crippen LogP contribution in [0, 0.1) is 6.92 Å². The van der Waals surface area contributed by atoms with Gasteiger partial charge >= 0.3 is 6.18 Å². The molecule has 0 saturated carbocycles. The first kappa shape index (κ1) is 18.3. The quantitative estimate of drug-likeness (QED) is 0.675. The summed E-state index contributed by atoms with van der Waals surface area (Å²) in [4.78, 5) is 4.10. The number of aryl methyl sites for hydroxylation is 1. The van der Waals surface area contributed by atoms with Gasteiger partial charge < -0.3 is 4.74 Å². The predicted molar refractivity (Wildman–Crippen MR) is 97.7 cm³/mol. The lowest BCUT2D eigenvalue weighted by Crippen LogP contribution is -2.40. The molecule has 2 aromatic carbocycles. The van der Waals surface area contributed by atoms with Crippen molar-refractivity contribution < 1.29 is 17.9 Å². The Morgan fingerprint density at radius 1 is 1.11 bits per heavy atom. The number of benzene rings is 2. The van der Waals surface area contributed by atoms with E-state index in [2.05, 4.69) is 10.1 Å². The van der Waals surface area contributed by atoms with E-state index >= 15 is 0 Å². The molecule has 0 unspecified atom stereocenters. The van der Waals surface area contributed by atoms with Gasteiger partial charge in [-0.25, -0.2) is 14.7 Å². The second kappa shape index (κ2) is 6.83. The Hall–Kier alpha value is -3.07. The number of hydrogen-bond donors (Lipinski definition) is 0. The minimum Gasteiger partial charge on any atom is -0.494 e. The third-order valence-corrected chi connectivity index (χ3v) is 4.48. The van der Waals surface area contributed by atoms with Crippen molar-refractivity contribution in [3.8, 4) is 11.4 Å². The molecule has 28 heavy (non-hydrogen) atoms. The van der Waals surface area contributed by atoms with Crippen LogP contribution in [-0.2, 0) is 6.54 Å². The third kappa shape index (κ3) is 3.40. The Bertz CT molecular complexity index is 1000. The molecule has 1 aromatic heterocycles. The van der Waals surface area contributed by atoms with Crippen molar-refractivity contribution in [2.24, 2.45) is 0 Å². The van der Waals surface area contributed by atoms with E-state index in [1.165, 1.54) is 12.1 Å². The number of aromatic nitrogens is 3. The van der Waals surface area contributed by atoms with Crippen LogP contribution in [0.25, 0.3) is 5.69 Å². The molecular weight excluding hydrogens is 371 g/mol. The van der Waals surface area contributed by atoms with Crippen LogP contribution >= 0.6 is 0 Å². The predicted octanol–water partition coefficient (Wildman–Crippen LogP) is 4.02. The number of hydrogen-bond acceptors (Lipinski definition) is 5. The number of hydrazine groups is 1. The zero-order valence-electron chi connectivity index (χ0n) is 15.3. The molecule has 1 aliphatic heterocycles. The summed E-state index contributed by atoms with van der Waals surface area (Å²) in [5, 5.41) is 7.13. The summed E-state index contributed by atoms with van der Waals surface area (Å²) in [5.41, 5.74) is 2.79. The maximum atomic E-state index is 13.1. The van der Waals surface area contributed by atoms with E-state index in [9.17, 15) is 13.2 Å². The molecule has 146 valence electrons. The van der Waals surface area contributed by atoms with Gasteiger partial charge in [-0.2, -0.15) is 18.3 Å². The van der Waals surface area contributed by atoms with Crippen molar-refractivity contribution in [1.82, 2.24) is 19.8 Å². The van der Waals surface area contributed by atoms with Gasteiger partial charge in [0.2, 0.25) is 0 Å². The molecule has 9 heteroatoms. The van der Waals surface area contributed by atoms with Gasteiger partial charge in [-0.05, 0) is 30.7 Å². The molecule has 0 saturated heterocycles. The van der Waals surface area contributed by atoms with Gasteiger partial charge in [-0.15, -0.1) is 0 Å². The van der Waals surface area contributed by atoms with Gasteiger partial charge in [0.05, 0.1) is 18.5 Å². The minimum absolute atomic E-state index is 0.183. The van der Waals surface area contributed by atoms with Crippen LogP contribution in [0.15, 0.2) is 48.8 Å². The highest BCUT2D eigenvalue weighted by molar-refractivity contribution is 5.70. The molecule has 0 amide bonds. The summed E-state index contributed by atoms with van der Waals surface area (Å²) in [7, 11) is 1.51. The third-order valence-electron chi connectivity index (χ3n) is 4.48. The van der Waals surface area contributed by atoms with Crippen molar-refractivity contribution in [3.05, 3.63) is 60.2 Å². The van der Waals surface area contributed by atoms with E-state index in [4.69, 9.17) is 4.74 Å². The monoisotopic (exact) mass is 389 g/mol. The molecule has 0 fully saturated rings. The normalized spacial score (nSPS) is 14.4. The molecular formula is C19H18F3N5O. The van der Waals surface area contributed by atoms with E-state index < -0.39 is 12.7 Å². The Morgan fingerprint density at radius 3 is 2.57 bits per heavy atom. The van der Waals surface area contributed by atoms with E-state index in [0.717, 1.165) is 11.3 Å². The zero-order chi connectivity index (χ0) is 19.9. The number of alkyl halides is 3. The number of nitrogens with zero attached hydrogens (tertiary/aromatic N) is 5. The molecule has 0 N–H and O–H groups in total. The van der Waals surface area contributed by atoms with E-state index in [0.29, 0.717) is 22.9 Å². The van der Waals surface area contributed by atoms with Crippen LogP contribution in [0.1, 0.15) is 11.4 Å². The number of rotatable bonds is 4. The number of ether oxygens (including phenoxy) is 1. The molecule has 0 aliphatic carbocycles. The molecule has 6 nitrogen and oxygen atoms in total. The van der Waals surface area contributed by atoms with Crippen molar-refractivity contribution in [1.29, 1.82) is 0 Å². The zero-order valence-corrected chi connectivity index (χ0v) is 15.3. The van der Waals surface area contributed by atoms with Gasteiger partial charge in [0.15, 0.2) is 0 Å². The minimum atomic E-state index is -4.32. The highest BCUT2D eigenvalue weighted by Crippen LogP contribution is 2.40. The Morgan fingerprint density at radius 2 is 1.89 bits per heavy atom. The molecule has 3 aromatic rings. The topological polar surface area (TPSA) is 46.4 Å². The first-order valence-corrected chi connectivity index (χ1v) is 8.62. The molecule has 0 radical (unpaired) electrons. The molecule has 2 heterocycles. The van der Waals surface area contributed by atoms with Crippen LogP contribution in [0.2, 0.25) is 0 Å². The van der Waals surface area contributed by atoms with Crippen molar-refractivity contribution >= 4 is 11.4 Å². The van der Waals surface area contributed by atoms with E-state index in [1.807, 2.05) is 24.3 Å². The van der Waals surface area contributed by atoms with Gasteiger partial charge in [0.1, 0.15) is 30.1 Å².